The van der Waals surface area contributed by atoms with Gasteiger partial charge in [0.25, 0.3) is 0 Å². The molecule has 8 heteroatoms. The summed E-state index contributed by atoms with van der Waals surface area (Å²) in [5.74, 6) is 0. The van der Waals surface area contributed by atoms with E-state index in [9.17, 15) is 5.53 Å². The number of hydrogen-bond acceptors (Lipinski definition) is 6. The molecule has 3 aromatic carbocycles. The lowest BCUT2D eigenvalue weighted by atomic mass is 9.96. The van der Waals surface area contributed by atoms with Gasteiger partial charge in [-0.3, -0.25) is 0 Å². The Morgan fingerprint density at radius 1 is 0.800 bits per heavy atom. The van der Waals surface area contributed by atoms with Crippen LogP contribution in [0.1, 0.15) is 23.0 Å². The highest BCUT2D eigenvalue weighted by molar-refractivity contribution is 5.17. The van der Waals surface area contributed by atoms with Crippen LogP contribution in [0.3, 0.4) is 0 Å². The second-order valence-electron chi connectivity index (χ2n) is 8.47. The smallest absolute Gasteiger partial charge is 0.184 e. The maximum absolute atomic E-state index is 9.38. The highest BCUT2D eigenvalue weighted by Crippen LogP contribution is 2.37. The second-order valence-corrected chi connectivity index (χ2v) is 8.47. The minimum atomic E-state index is -0.811. The fourth-order valence-electron chi connectivity index (χ4n) is 4.37. The van der Waals surface area contributed by atoms with Crippen LogP contribution in [-0.2, 0) is 36.9 Å². The highest BCUT2D eigenvalue weighted by atomic mass is 16.7. The van der Waals surface area contributed by atoms with Crippen LogP contribution in [0.15, 0.2) is 96.1 Å². The largest absolute Gasteiger partial charge is 0.370 e. The van der Waals surface area contributed by atoms with Crippen molar-refractivity contribution in [1.82, 2.24) is 0 Å². The number of ether oxygens (including phenoxy) is 5. The predicted molar refractivity (Wildman–Crippen MR) is 128 cm³/mol. The zero-order valence-corrected chi connectivity index (χ0v) is 19.1. The van der Waals surface area contributed by atoms with E-state index in [0.717, 1.165) is 16.7 Å². The normalized spacial score (nSPS) is 28.0. The van der Waals surface area contributed by atoms with Crippen LogP contribution in [0.2, 0.25) is 0 Å². The average Bonchev–Trinajstić information content (AvgIpc) is 2.93. The van der Waals surface area contributed by atoms with Gasteiger partial charge in [0.2, 0.25) is 0 Å². The van der Waals surface area contributed by atoms with Crippen molar-refractivity contribution < 1.29 is 23.7 Å². The van der Waals surface area contributed by atoms with Gasteiger partial charge in [0.1, 0.15) is 24.4 Å². The number of azide groups is 1. The van der Waals surface area contributed by atoms with Gasteiger partial charge >= 0.3 is 0 Å². The maximum atomic E-state index is 9.38. The molecule has 35 heavy (non-hydrogen) atoms. The molecule has 0 radical (unpaired) electrons. The van der Waals surface area contributed by atoms with E-state index in [2.05, 4.69) is 10.0 Å². The van der Waals surface area contributed by atoms with Gasteiger partial charge in [-0.25, -0.2) is 0 Å². The van der Waals surface area contributed by atoms with Crippen molar-refractivity contribution in [3.05, 3.63) is 118 Å². The van der Waals surface area contributed by atoms with Crippen LogP contribution < -0.4 is 0 Å². The number of nitrogens with zero attached hydrogens (tertiary/aromatic N) is 3. The molecule has 2 aliphatic heterocycles. The van der Waals surface area contributed by atoms with Crippen LogP contribution in [0, 0.1) is 0 Å². The molecule has 0 bridgehead atoms. The van der Waals surface area contributed by atoms with E-state index < -0.39 is 36.9 Å². The molecule has 0 aromatic heterocycles. The third kappa shape index (κ3) is 5.71. The Hall–Kier alpha value is -3.23. The van der Waals surface area contributed by atoms with Crippen molar-refractivity contribution in [2.45, 2.75) is 50.1 Å². The third-order valence-corrected chi connectivity index (χ3v) is 6.11. The third-order valence-electron chi connectivity index (χ3n) is 6.11. The summed E-state index contributed by atoms with van der Waals surface area (Å²) < 4.78 is 31.0. The number of hydrogen-bond donors (Lipinski definition) is 0. The molecule has 3 aromatic rings. The predicted octanol–water partition coefficient (Wildman–Crippen LogP) is 5.31. The van der Waals surface area contributed by atoms with Gasteiger partial charge in [0, 0.05) is 10.5 Å². The van der Waals surface area contributed by atoms with Crippen LogP contribution >= 0.6 is 0 Å². The van der Waals surface area contributed by atoms with Crippen LogP contribution in [-0.4, -0.2) is 37.3 Å². The fraction of sp³-hybridized carbons (Fsp3) is 0.333. The van der Waals surface area contributed by atoms with Gasteiger partial charge in [0.05, 0.1) is 19.8 Å². The summed E-state index contributed by atoms with van der Waals surface area (Å²) in [5.41, 5.74) is 12.3. The number of rotatable bonds is 8. The van der Waals surface area contributed by atoms with Crippen LogP contribution in [0.5, 0.6) is 0 Å². The molecule has 0 amide bonds. The summed E-state index contributed by atoms with van der Waals surface area (Å²) in [6, 6.07) is 28.6. The summed E-state index contributed by atoms with van der Waals surface area (Å²) in [5, 5.41) is 4.04. The fourth-order valence-corrected chi connectivity index (χ4v) is 4.37. The monoisotopic (exact) mass is 473 g/mol. The lowest BCUT2D eigenvalue weighted by Crippen LogP contribution is -2.62. The maximum Gasteiger partial charge on any atom is 0.184 e. The quantitative estimate of drug-likeness (QED) is 0.251. The van der Waals surface area contributed by atoms with Crippen molar-refractivity contribution >= 4 is 0 Å². The Kier molecular flexibility index (Phi) is 7.70. The van der Waals surface area contributed by atoms with Crippen molar-refractivity contribution in [2.75, 3.05) is 6.61 Å². The van der Waals surface area contributed by atoms with E-state index in [1.165, 1.54) is 0 Å². The second kappa shape index (κ2) is 11.5. The molecule has 2 fully saturated rings. The van der Waals surface area contributed by atoms with Crippen LogP contribution in [0.4, 0.5) is 0 Å². The van der Waals surface area contributed by atoms with Gasteiger partial charge in [-0.1, -0.05) is 96.1 Å². The van der Waals surface area contributed by atoms with E-state index in [0.29, 0.717) is 19.8 Å². The van der Waals surface area contributed by atoms with Crippen molar-refractivity contribution in [2.24, 2.45) is 5.11 Å². The zero-order chi connectivity index (χ0) is 23.9. The van der Waals surface area contributed by atoms with Gasteiger partial charge in [-0.2, -0.15) is 0 Å². The van der Waals surface area contributed by atoms with Gasteiger partial charge < -0.3 is 23.7 Å². The van der Waals surface area contributed by atoms with E-state index in [1.54, 1.807) is 0 Å². The summed E-state index contributed by atoms with van der Waals surface area (Å²) in [4.78, 5) is 3.08. The Bertz CT molecular complexity index is 1110. The first-order chi connectivity index (χ1) is 17.3. The molecular weight excluding hydrogens is 446 g/mol. The molecule has 0 N–H and O–H groups in total. The minimum absolute atomic E-state index is 0.295. The first-order valence-electron chi connectivity index (χ1n) is 11.6. The van der Waals surface area contributed by atoms with Crippen molar-refractivity contribution in [3.63, 3.8) is 0 Å². The molecule has 2 heterocycles. The van der Waals surface area contributed by atoms with E-state index >= 15 is 0 Å². The summed E-state index contributed by atoms with van der Waals surface area (Å²) in [6.45, 7) is 0.932. The van der Waals surface area contributed by atoms with E-state index in [-0.39, 0.29) is 0 Å². The minimum Gasteiger partial charge on any atom is -0.370 e. The van der Waals surface area contributed by atoms with E-state index in [1.807, 2.05) is 91.0 Å². The summed E-state index contributed by atoms with van der Waals surface area (Å²) in [7, 11) is 0. The lowest BCUT2D eigenvalue weighted by Gasteiger charge is -2.48. The van der Waals surface area contributed by atoms with Gasteiger partial charge in [-0.15, -0.1) is 0 Å². The Labute approximate surface area is 204 Å². The zero-order valence-electron chi connectivity index (χ0n) is 19.1. The standard InChI is InChI=1S/C27H27N3O5/c28-30-29-23-25(31-16-19-10-4-1-5-11-19)24-22(18-33-26(35-24)21-14-8-3-9-15-21)34-27(23)32-17-20-12-6-2-7-13-20/h1-15,22-27H,16-18H2/t22-,23-,24-,25+,26?,27?/m1/s1. The molecule has 2 unspecified atom stereocenters. The molecule has 6 atom stereocenters. The molecule has 8 nitrogen and oxygen atoms in total. The summed E-state index contributed by atoms with van der Waals surface area (Å²) in [6.07, 6.45) is -2.93. The van der Waals surface area contributed by atoms with Gasteiger partial charge in [0.15, 0.2) is 12.6 Å². The van der Waals surface area contributed by atoms with Crippen molar-refractivity contribution in [3.8, 4) is 0 Å². The van der Waals surface area contributed by atoms with Crippen LogP contribution in [0.25, 0.3) is 10.4 Å². The number of benzene rings is 3. The molecule has 2 saturated heterocycles. The average molecular weight is 474 g/mol. The summed E-state index contributed by atoms with van der Waals surface area (Å²) >= 11 is 0. The number of fused-ring (bicyclic) bond motifs is 1. The molecular formula is C27H27N3O5. The first-order valence-corrected chi connectivity index (χ1v) is 11.6. The first kappa shape index (κ1) is 23.5. The molecule has 180 valence electrons. The SMILES string of the molecule is [N-]=[N+]=N[C@H]1C(OCc2ccccc2)O[C@@H]2COC(c3ccccc3)O[C@H]2[C@H]1OCc1ccccc1. The Balaban J connectivity index is 1.39. The topological polar surface area (TPSA) is 94.9 Å². The Morgan fingerprint density at radius 3 is 2.03 bits per heavy atom. The lowest BCUT2D eigenvalue weighted by molar-refractivity contribution is -0.348. The molecule has 0 spiro atoms. The Morgan fingerprint density at radius 2 is 1.40 bits per heavy atom. The molecule has 0 saturated carbocycles. The van der Waals surface area contributed by atoms with Gasteiger partial charge in [-0.05, 0) is 16.7 Å². The molecule has 2 aliphatic rings. The molecule has 5 rings (SSSR count). The van der Waals surface area contributed by atoms with E-state index in [4.69, 9.17) is 23.7 Å². The van der Waals surface area contributed by atoms with Crippen molar-refractivity contribution in [1.29, 1.82) is 0 Å². The molecule has 0 aliphatic carbocycles. The highest BCUT2D eigenvalue weighted by Gasteiger charge is 2.51.